The molecule has 1 unspecified atom stereocenters. The van der Waals surface area contributed by atoms with Crippen LogP contribution in [-0.2, 0) is 4.79 Å². The fourth-order valence-corrected chi connectivity index (χ4v) is 1.64. The zero-order chi connectivity index (χ0) is 9.30. The second-order valence-electron chi connectivity index (χ2n) is 3.25. The van der Waals surface area contributed by atoms with Gasteiger partial charge in [-0.05, 0) is 25.1 Å². The molecule has 1 aliphatic rings. The maximum Gasteiger partial charge on any atom is 0.251 e. The van der Waals surface area contributed by atoms with Crippen molar-refractivity contribution in [3.63, 3.8) is 0 Å². The highest BCUT2D eigenvalue weighted by molar-refractivity contribution is 7.80. The lowest BCUT2D eigenvalue weighted by Crippen LogP contribution is -2.34. The first kappa shape index (κ1) is 9.45. The van der Waals surface area contributed by atoms with E-state index in [9.17, 15) is 4.79 Å². The Morgan fingerprint density at radius 1 is 1.67 bits per heavy atom. The number of amides is 1. The summed E-state index contributed by atoms with van der Waals surface area (Å²) in [6, 6.07) is -0.113. The van der Waals surface area contributed by atoms with Gasteiger partial charge in [-0.1, -0.05) is 13.8 Å². The van der Waals surface area contributed by atoms with Gasteiger partial charge in [0.25, 0.3) is 5.91 Å². The van der Waals surface area contributed by atoms with Crippen LogP contribution in [0.3, 0.4) is 0 Å². The first-order valence-electron chi connectivity index (χ1n) is 4.19. The lowest BCUT2D eigenvalue weighted by atomic mass is 10.1. The van der Waals surface area contributed by atoms with E-state index >= 15 is 0 Å². The van der Waals surface area contributed by atoms with Crippen LogP contribution >= 0.6 is 12.2 Å². The molecule has 0 saturated carbocycles. The zero-order valence-corrected chi connectivity index (χ0v) is 8.44. The topological polar surface area (TPSA) is 32.3 Å². The van der Waals surface area contributed by atoms with E-state index in [1.54, 1.807) is 4.90 Å². The van der Waals surface area contributed by atoms with Crippen LogP contribution in [-0.4, -0.2) is 28.5 Å². The normalized spacial score (nSPS) is 23.7. The number of rotatable bonds is 2. The molecule has 1 amide bonds. The van der Waals surface area contributed by atoms with Gasteiger partial charge in [0.2, 0.25) is 0 Å². The number of carbonyl (C=O) groups excluding carboxylic acids is 1. The minimum absolute atomic E-state index is 0.109. The fourth-order valence-electron chi connectivity index (χ4n) is 1.29. The predicted octanol–water partition coefficient (Wildman–Crippen LogP) is 0.748. The number of nitrogens with zero attached hydrogens (tertiary/aromatic N) is 1. The SMILES string of the molecule is CCN1C(=O)C(C(C)C)NC1=S. The van der Waals surface area contributed by atoms with Crippen molar-refractivity contribution < 1.29 is 4.79 Å². The molecule has 1 fully saturated rings. The third-order valence-electron chi connectivity index (χ3n) is 2.04. The molecule has 1 atom stereocenters. The van der Waals surface area contributed by atoms with Crippen molar-refractivity contribution in [3.8, 4) is 0 Å². The minimum atomic E-state index is -0.113. The molecule has 0 spiro atoms. The molecule has 68 valence electrons. The van der Waals surface area contributed by atoms with Crippen molar-refractivity contribution in [2.75, 3.05) is 6.54 Å². The highest BCUT2D eigenvalue weighted by Crippen LogP contribution is 2.12. The van der Waals surface area contributed by atoms with Crippen LogP contribution in [0.5, 0.6) is 0 Å². The highest BCUT2D eigenvalue weighted by Gasteiger charge is 2.35. The zero-order valence-electron chi connectivity index (χ0n) is 7.63. The Bertz CT molecular complexity index is 215. The molecule has 1 saturated heterocycles. The number of thiocarbonyl (C=S) groups is 1. The summed E-state index contributed by atoms with van der Waals surface area (Å²) in [5, 5.41) is 3.58. The van der Waals surface area contributed by atoms with Crippen molar-refractivity contribution in [2.45, 2.75) is 26.8 Å². The van der Waals surface area contributed by atoms with Gasteiger partial charge in [0.05, 0.1) is 0 Å². The maximum atomic E-state index is 11.6. The number of nitrogens with one attached hydrogen (secondary N) is 1. The van der Waals surface area contributed by atoms with Crippen LogP contribution in [0.4, 0.5) is 0 Å². The summed E-state index contributed by atoms with van der Waals surface area (Å²) in [5.41, 5.74) is 0. The van der Waals surface area contributed by atoms with Crippen LogP contribution in [0.1, 0.15) is 20.8 Å². The highest BCUT2D eigenvalue weighted by atomic mass is 32.1. The van der Waals surface area contributed by atoms with E-state index in [-0.39, 0.29) is 11.9 Å². The Hall–Kier alpha value is -0.640. The van der Waals surface area contributed by atoms with E-state index < -0.39 is 0 Å². The van der Waals surface area contributed by atoms with E-state index in [2.05, 4.69) is 5.32 Å². The van der Waals surface area contributed by atoms with E-state index in [0.29, 0.717) is 17.6 Å². The van der Waals surface area contributed by atoms with Gasteiger partial charge in [-0.2, -0.15) is 0 Å². The lowest BCUT2D eigenvalue weighted by molar-refractivity contribution is -0.127. The summed E-state index contributed by atoms with van der Waals surface area (Å²) in [7, 11) is 0. The molecule has 3 nitrogen and oxygen atoms in total. The van der Waals surface area contributed by atoms with Gasteiger partial charge in [0.1, 0.15) is 6.04 Å². The van der Waals surface area contributed by atoms with E-state index in [1.165, 1.54) is 0 Å². The average molecular weight is 186 g/mol. The average Bonchev–Trinajstić information content (AvgIpc) is 2.27. The maximum absolute atomic E-state index is 11.6. The van der Waals surface area contributed by atoms with Crippen LogP contribution in [0.2, 0.25) is 0 Å². The van der Waals surface area contributed by atoms with Crippen molar-refractivity contribution in [3.05, 3.63) is 0 Å². The Labute approximate surface area is 78.1 Å². The molecule has 0 aromatic carbocycles. The molecule has 0 aromatic rings. The summed E-state index contributed by atoms with van der Waals surface area (Å²) >= 11 is 5.01. The van der Waals surface area contributed by atoms with E-state index in [4.69, 9.17) is 12.2 Å². The second-order valence-corrected chi connectivity index (χ2v) is 3.64. The van der Waals surface area contributed by atoms with E-state index in [1.807, 2.05) is 20.8 Å². The van der Waals surface area contributed by atoms with Crippen LogP contribution in [0.25, 0.3) is 0 Å². The van der Waals surface area contributed by atoms with Crippen molar-refractivity contribution >= 4 is 23.2 Å². The van der Waals surface area contributed by atoms with Crippen LogP contribution < -0.4 is 5.32 Å². The summed E-state index contributed by atoms with van der Waals surface area (Å²) in [5.74, 6) is 0.407. The Morgan fingerprint density at radius 3 is 2.50 bits per heavy atom. The third kappa shape index (κ3) is 1.43. The molecular formula is C8H14N2OS. The van der Waals surface area contributed by atoms with Gasteiger partial charge >= 0.3 is 0 Å². The molecule has 4 heteroatoms. The van der Waals surface area contributed by atoms with Gasteiger partial charge in [0, 0.05) is 6.54 Å². The summed E-state index contributed by atoms with van der Waals surface area (Å²) in [6.45, 7) is 6.61. The van der Waals surface area contributed by atoms with Gasteiger partial charge in [-0.3, -0.25) is 9.69 Å². The quantitative estimate of drug-likeness (QED) is 0.646. The summed E-state index contributed by atoms with van der Waals surface area (Å²) < 4.78 is 0. The number of likely N-dealkylation sites (N-methyl/N-ethyl adjacent to an activating group) is 1. The number of hydrogen-bond donors (Lipinski definition) is 1. The van der Waals surface area contributed by atoms with Crippen LogP contribution in [0.15, 0.2) is 0 Å². The van der Waals surface area contributed by atoms with Crippen LogP contribution in [0, 0.1) is 5.92 Å². The molecule has 0 bridgehead atoms. The molecule has 1 aliphatic heterocycles. The van der Waals surface area contributed by atoms with Gasteiger partial charge in [-0.15, -0.1) is 0 Å². The molecule has 0 aromatic heterocycles. The molecule has 0 radical (unpaired) electrons. The number of hydrogen-bond acceptors (Lipinski definition) is 2. The first-order chi connectivity index (χ1) is 5.57. The largest absolute Gasteiger partial charge is 0.350 e. The van der Waals surface area contributed by atoms with Crippen molar-refractivity contribution in [1.82, 2.24) is 10.2 Å². The van der Waals surface area contributed by atoms with Crippen molar-refractivity contribution in [1.29, 1.82) is 0 Å². The molecule has 12 heavy (non-hydrogen) atoms. The Kier molecular flexibility index (Phi) is 2.67. The molecular weight excluding hydrogens is 172 g/mol. The molecule has 0 aliphatic carbocycles. The molecule has 1 rings (SSSR count). The number of carbonyl (C=O) groups is 1. The summed E-state index contributed by atoms with van der Waals surface area (Å²) in [6.07, 6.45) is 0. The Morgan fingerprint density at radius 2 is 2.25 bits per heavy atom. The van der Waals surface area contributed by atoms with Gasteiger partial charge < -0.3 is 5.32 Å². The van der Waals surface area contributed by atoms with Gasteiger partial charge in [-0.25, -0.2) is 0 Å². The molecule has 1 N–H and O–H groups in total. The molecule has 1 heterocycles. The Balaban J connectivity index is 2.75. The fraction of sp³-hybridized carbons (Fsp3) is 0.750. The lowest BCUT2D eigenvalue weighted by Gasteiger charge is -2.12. The monoisotopic (exact) mass is 186 g/mol. The summed E-state index contributed by atoms with van der Waals surface area (Å²) in [4.78, 5) is 13.2. The second kappa shape index (κ2) is 3.39. The minimum Gasteiger partial charge on any atom is -0.350 e. The van der Waals surface area contributed by atoms with E-state index in [0.717, 1.165) is 0 Å². The standard InChI is InChI=1S/C8H14N2OS/c1-4-10-7(11)6(5(2)3)9-8(10)12/h5-6H,4H2,1-3H3,(H,9,12). The van der Waals surface area contributed by atoms with Crippen molar-refractivity contribution in [2.24, 2.45) is 5.92 Å². The third-order valence-corrected chi connectivity index (χ3v) is 2.38. The smallest absolute Gasteiger partial charge is 0.251 e. The van der Waals surface area contributed by atoms with Gasteiger partial charge in [0.15, 0.2) is 5.11 Å². The predicted molar refractivity (Wildman–Crippen MR) is 51.7 cm³/mol. The first-order valence-corrected chi connectivity index (χ1v) is 4.60.